The van der Waals surface area contributed by atoms with Crippen LogP contribution in [0.4, 0.5) is 5.69 Å². The number of pyridine rings is 1. The Labute approximate surface area is 174 Å². The molecule has 5 nitrogen and oxygen atoms in total. The zero-order valence-electron chi connectivity index (χ0n) is 17.7. The van der Waals surface area contributed by atoms with Gasteiger partial charge in [0, 0.05) is 50.5 Å². The Bertz CT molecular complexity index is 830. The van der Waals surface area contributed by atoms with Gasteiger partial charge in [0.2, 0.25) is 5.91 Å². The number of aryl methyl sites for hydroxylation is 2. The van der Waals surface area contributed by atoms with Crippen LogP contribution in [0.2, 0.25) is 0 Å². The maximum absolute atomic E-state index is 13.0. The molecular weight excluding hydrogens is 360 g/mol. The summed E-state index contributed by atoms with van der Waals surface area (Å²) in [5.74, 6) is 0.251. The van der Waals surface area contributed by atoms with E-state index in [0.717, 1.165) is 63.4 Å². The second-order valence-corrected chi connectivity index (χ2v) is 8.41. The molecule has 4 rings (SSSR count). The van der Waals surface area contributed by atoms with Crippen molar-refractivity contribution in [2.24, 2.45) is 0 Å². The second-order valence-electron chi connectivity index (χ2n) is 8.41. The molecule has 0 spiro atoms. The zero-order chi connectivity index (χ0) is 20.2. The Balaban J connectivity index is 1.47. The highest BCUT2D eigenvalue weighted by molar-refractivity contribution is 5.77. The van der Waals surface area contributed by atoms with Crippen molar-refractivity contribution in [2.45, 2.75) is 38.6 Å². The lowest BCUT2D eigenvalue weighted by Gasteiger charge is -2.34. The number of carbonyl (C=O) groups is 1. The molecule has 0 N–H and O–H groups in total. The number of carbonyl (C=O) groups excluding carboxylic acids is 1. The molecule has 2 fully saturated rings. The molecule has 2 aliphatic heterocycles. The van der Waals surface area contributed by atoms with Crippen LogP contribution in [0.5, 0.6) is 0 Å². The number of aromatic nitrogens is 1. The summed E-state index contributed by atoms with van der Waals surface area (Å²) in [5.41, 5.74) is 4.58. The lowest BCUT2D eigenvalue weighted by atomic mass is 10.1. The van der Waals surface area contributed by atoms with Crippen LogP contribution < -0.4 is 4.90 Å². The van der Waals surface area contributed by atoms with E-state index >= 15 is 0 Å². The van der Waals surface area contributed by atoms with Gasteiger partial charge in [0.15, 0.2) is 0 Å². The van der Waals surface area contributed by atoms with E-state index in [1.807, 2.05) is 18.2 Å². The standard InChI is InChI=1S/C24H32N4O/c1-19-17-21(27-15-13-26(2)14-16-27)18-22(25-19)23-9-6-12-28(23)24(29)11-10-20-7-4-3-5-8-20/h3-5,7-8,17-18,23H,6,9-16H2,1-2H3/t23-/m1/s1. The highest BCUT2D eigenvalue weighted by Gasteiger charge is 2.31. The van der Waals surface area contributed by atoms with Gasteiger partial charge in [-0.3, -0.25) is 9.78 Å². The highest BCUT2D eigenvalue weighted by atomic mass is 16.2. The molecule has 0 aliphatic carbocycles. The first-order chi connectivity index (χ1) is 14.1. The monoisotopic (exact) mass is 392 g/mol. The number of likely N-dealkylation sites (N-methyl/N-ethyl adjacent to an activating group) is 1. The van der Waals surface area contributed by atoms with Crippen molar-refractivity contribution < 1.29 is 4.79 Å². The van der Waals surface area contributed by atoms with Gasteiger partial charge in [-0.1, -0.05) is 30.3 Å². The quantitative estimate of drug-likeness (QED) is 0.782. The fraction of sp³-hybridized carbons (Fsp3) is 0.500. The van der Waals surface area contributed by atoms with Gasteiger partial charge in [0.25, 0.3) is 0 Å². The average Bonchev–Trinajstić information content (AvgIpc) is 3.23. The fourth-order valence-corrected chi connectivity index (χ4v) is 4.51. The zero-order valence-corrected chi connectivity index (χ0v) is 17.7. The summed E-state index contributed by atoms with van der Waals surface area (Å²) in [6.45, 7) is 7.18. The van der Waals surface area contributed by atoms with Gasteiger partial charge < -0.3 is 14.7 Å². The van der Waals surface area contributed by atoms with Crippen molar-refractivity contribution in [3.05, 3.63) is 59.4 Å². The molecule has 29 heavy (non-hydrogen) atoms. The van der Waals surface area contributed by atoms with Crippen LogP contribution in [-0.2, 0) is 11.2 Å². The van der Waals surface area contributed by atoms with Crippen LogP contribution in [0.15, 0.2) is 42.5 Å². The number of hydrogen-bond donors (Lipinski definition) is 0. The van der Waals surface area contributed by atoms with Crippen molar-refractivity contribution in [3.63, 3.8) is 0 Å². The first-order valence-electron chi connectivity index (χ1n) is 10.9. The van der Waals surface area contributed by atoms with E-state index in [9.17, 15) is 4.79 Å². The van der Waals surface area contributed by atoms with Gasteiger partial charge in [-0.2, -0.15) is 0 Å². The molecule has 1 atom stereocenters. The Morgan fingerprint density at radius 1 is 1.07 bits per heavy atom. The summed E-state index contributed by atoms with van der Waals surface area (Å²) < 4.78 is 0. The number of hydrogen-bond acceptors (Lipinski definition) is 4. The van der Waals surface area contributed by atoms with Gasteiger partial charge in [-0.05, 0) is 50.9 Å². The minimum atomic E-state index is 0.115. The third-order valence-corrected chi connectivity index (χ3v) is 6.21. The topological polar surface area (TPSA) is 39.7 Å². The van der Waals surface area contributed by atoms with E-state index in [0.29, 0.717) is 6.42 Å². The number of nitrogens with zero attached hydrogens (tertiary/aromatic N) is 4. The molecule has 0 unspecified atom stereocenters. The highest BCUT2D eigenvalue weighted by Crippen LogP contribution is 2.33. The van der Waals surface area contributed by atoms with Crippen molar-refractivity contribution in [3.8, 4) is 0 Å². The van der Waals surface area contributed by atoms with Crippen molar-refractivity contribution >= 4 is 11.6 Å². The normalized spacial score (nSPS) is 20.3. The van der Waals surface area contributed by atoms with E-state index in [2.05, 4.69) is 52.9 Å². The molecule has 2 aromatic rings. The number of benzene rings is 1. The van der Waals surface area contributed by atoms with Gasteiger partial charge in [0.1, 0.15) is 0 Å². The van der Waals surface area contributed by atoms with Crippen LogP contribution in [0.25, 0.3) is 0 Å². The summed E-state index contributed by atoms with van der Waals surface area (Å²) in [4.78, 5) is 24.7. The van der Waals surface area contributed by atoms with Crippen LogP contribution >= 0.6 is 0 Å². The molecule has 0 bridgehead atoms. The molecule has 5 heteroatoms. The first kappa shape index (κ1) is 19.9. The van der Waals surface area contributed by atoms with Crippen molar-refractivity contribution in [1.29, 1.82) is 0 Å². The lowest BCUT2D eigenvalue weighted by Crippen LogP contribution is -2.44. The third kappa shape index (κ3) is 4.78. The lowest BCUT2D eigenvalue weighted by molar-refractivity contribution is -0.132. The predicted molar refractivity (Wildman–Crippen MR) is 117 cm³/mol. The molecular formula is C24H32N4O. The maximum Gasteiger partial charge on any atom is 0.223 e. The van der Waals surface area contributed by atoms with Crippen LogP contribution in [-0.4, -0.2) is 60.5 Å². The Morgan fingerprint density at radius 3 is 2.59 bits per heavy atom. The van der Waals surface area contributed by atoms with Gasteiger partial charge >= 0.3 is 0 Å². The van der Waals surface area contributed by atoms with Crippen molar-refractivity contribution in [1.82, 2.24) is 14.8 Å². The molecule has 0 radical (unpaired) electrons. The molecule has 1 aromatic carbocycles. The van der Waals surface area contributed by atoms with E-state index in [4.69, 9.17) is 4.98 Å². The Kier molecular flexibility index (Phi) is 6.14. The van der Waals surface area contributed by atoms with Crippen LogP contribution in [0, 0.1) is 6.92 Å². The fourth-order valence-electron chi connectivity index (χ4n) is 4.51. The smallest absolute Gasteiger partial charge is 0.223 e. The molecule has 2 saturated heterocycles. The molecule has 1 aromatic heterocycles. The van der Waals surface area contributed by atoms with Gasteiger partial charge in [0.05, 0.1) is 11.7 Å². The molecule has 154 valence electrons. The van der Waals surface area contributed by atoms with E-state index in [-0.39, 0.29) is 11.9 Å². The summed E-state index contributed by atoms with van der Waals surface area (Å²) in [5, 5.41) is 0. The Hall–Kier alpha value is -2.40. The molecule has 0 saturated carbocycles. The summed E-state index contributed by atoms with van der Waals surface area (Å²) >= 11 is 0. The maximum atomic E-state index is 13.0. The minimum absolute atomic E-state index is 0.115. The number of rotatable bonds is 5. The van der Waals surface area contributed by atoms with E-state index < -0.39 is 0 Å². The largest absolute Gasteiger partial charge is 0.369 e. The predicted octanol–water partition coefficient (Wildman–Crippen LogP) is 3.44. The van der Waals surface area contributed by atoms with Gasteiger partial charge in [-0.15, -0.1) is 0 Å². The SMILES string of the molecule is Cc1cc(N2CCN(C)CC2)cc([C@H]2CCCN2C(=O)CCc2ccccc2)n1. The second kappa shape index (κ2) is 8.95. The summed E-state index contributed by atoms with van der Waals surface area (Å²) in [7, 11) is 2.18. The van der Waals surface area contributed by atoms with Crippen molar-refractivity contribution in [2.75, 3.05) is 44.7 Å². The molecule has 3 heterocycles. The molecule has 2 aliphatic rings. The van der Waals surface area contributed by atoms with E-state index in [1.54, 1.807) is 0 Å². The number of amides is 1. The summed E-state index contributed by atoms with van der Waals surface area (Å²) in [6, 6.07) is 14.8. The Morgan fingerprint density at radius 2 is 1.83 bits per heavy atom. The summed E-state index contributed by atoms with van der Waals surface area (Å²) in [6.07, 6.45) is 3.44. The van der Waals surface area contributed by atoms with Crippen LogP contribution in [0.3, 0.4) is 0 Å². The van der Waals surface area contributed by atoms with Gasteiger partial charge in [-0.25, -0.2) is 0 Å². The number of piperazine rings is 1. The third-order valence-electron chi connectivity index (χ3n) is 6.21. The van der Waals surface area contributed by atoms with Crippen LogP contribution in [0.1, 0.15) is 42.3 Å². The van der Waals surface area contributed by atoms with E-state index in [1.165, 1.54) is 11.3 Å². The first-order valence-corrected chi connectivity index (χ1v) is 10.9. The average molecular weight is 393 g/mol. The number of anilines is 1. The molecule has 1 amide bonds. The number of likely N-dealkylation sites (tertiary alicyclic amines) is 1. The minimum Gasteiger partial charge on any atom is -0.369 e.